The van der Waals surface area contributed by atoms with Crippen LogP contribution in [0.25, 0.3) is 22.0 Å². The Morgan fingerprint density at radius 1 is 1.11 bits per heavy atom. The number of aromatic nitrogens is 3. The molecule has 2 aromatic carbocycles. The summed E-state index contributed by atoms with van der Waals surface area (Å²) < 4.78 is 6.29. The molecule has 0 spiro atoms. The molecule has 27 heavy (non-hydrogen) atoms. The number of nitrogens with zero attached hydrogens (tertiary/aromatic N) is 3. The Morgan fingerprint density at radius 2 is 1.85 bits per heavy atom. The molecule has 8 nitrogen and oxygen atoms in total. The van der Waals surface area contributed by atoms with Crippen molar-refractivity contribution >= 4 is 33.8 Å². The first-order valence-electron chi connectivity index (χ1n) is 8.23. The largest absolute Gasteiger partial charge is 0.422 e. The third kappa shape index (κ3) is 2.97. The Labute approximate surface area is 152 Å². The molecule has 4 aromatic rings. The van der Waals surface area contributed by atoms with E-state index in [9.17, 15) is 14.4 Å². The van der Waals surface area contributed by atoms with E-state index in [1.165, 1.54) is 13.0 Å². The summed E-state index contributed by atoms with van der Waals surface area (Å²) in [7, 11) is 0. The number of carbonyl (C=O) groups excluding carboxylic acids is 2. The van der Waals surface area contributed by atoms with Gasteiger partial charge in [0, 0.05) is 5.39 Å². The van der Waals surface area contributed by atoms with Gasteiger partial charge >= 0.3 is 5.63 Å². The van der Waals surface area contributed by atoms with E-state index in [1.807, 2.05) is 0 Å². The quantitative estimate of drug-likeness (QED) is 0.559. The molecule has 2 aromatic heterocycles. The summed E-state index contributed by atoms with van der Waals surface area (Å²) in [6, 6.07) is 14.4. The highest BCUT2D eigenvalue weighted by Crippen LogP contribution is 2.13. The van der Waals surface area contributed by atoms with Gasteiger partial charge in [0.1, 0.15) is 22.7 Å². The Hall–Kier alpha value is -3.81. The smallest absolute Gasteiger partial charge is 0.349 e. The molecular weight excluding hydrogens is 348 g/mol. The number of hydrogen-bond donors (Lipinski definition) is 1. The van der Waals surface area contributed by atoms with Crippen LogP contribution >= 0.6 is 0 Å². The van der Waals surface area contributed by atoms with Gasteiger partial charge in [-0.15, -0.1) is 5.10 Å². The maximum Gasteiger partial charge on any atom is 0.349 e. The van der Waals surface area contributed by atoms with Crippen LogP contribution in [0.3, 0.4) is 0 Å². The van der Waals surface area contributed by atoms with Crippen molar-refractivity contribution in [3.63, 3.8) is 0 Å². The number of benzene rings is 2. The van der Waals surface area contributed by atoms with Gasteiger partial charge in [0.2, 0.25) is 0 Å². The van der Waals surface area contributed by atoms with Crippen molar-refractivity contribution < 1.29 is 14.0 Å². The van der Waals surface area contributed by atoms with Gasteiger partial charge in [0.15, 0.2) is 0 Å². The van der Waals surface area contributed by atoms with Gasteiger partial charge in [0.05, 0.1) is 5.52 Å². The summed E-state index contributed by atoms with van der Waals surface area (Å²) >= 11 is 0. The fourth-order valence-electron chi connectivity index (χ4n) is 2.77. The predicted octanol–water partition coefficient (Wildman–Crippen LogP) is 2.00. The predicted molar refractivity (Wildman–Crippen MR) is 97.6 cm³/mol. The Bertz CT molecular complexity index is 1240. The number of carbonyl (C=O) groups is 2. The SMILES string of the molecule is C[C@H](NC(=O)c1cc2ccccc2oc1=O)C(=O)n1nnc2ccccc21. The van der Waals surface area contributed by atoms with Crippen molar-refractivity contribution in [1.82, 2.24) is 20.3 Å². The average molecular weight is 362 g/mol. The molecule has 4 rings (SSSR count). The number of amides is 1. The van der Waals surface area contributed by atoms with E-state index in [0.29, 0.717) is 22.0 Å². The van der Waals surface area contributed by atoms with Gasteiger partial charge < -0.3 is 9.73 Å². The van der Waals surface area contributed by atoms with Gasteiger partial charge in [-0.2, -0.15) is 4.68 Å². The number of hydrogen-bond acceptors (Lipinski definition) is 6. The van der Waals surface area contributed by atoms with Gasteiger partial charge in [-0.05, 0) is 31.2 Å². The highest BCUT2D eigenvalue weighted by atomic mass is 16.4. The van der Waals surface area contributed by atoms with E-state index in [4.69, 9.17) is 4.42 Å². The van der Waals surface area contributed by atoms with Crippen LogP contribution in [0.2, 0.25) is 0 Å². The molecule has 2 heterocycles. The second-order valence-corrected chi connectivity index (χ2v) is 6.01. The van der Waals surface area contributed by atoms with Crippen molar-refractivity contribution in [3.8, 4) is 0 Å². The second-order valence-electron chi connectivity index (χ2n) is 6.01. The molecule has 1 atom stereocenters. The molecule has 8 heteroatoms. The molecule has 0 aliphatic heterocycles. The van der Waals surface area contributed by atoms with Crippen LogP contribution in [-0.2, 0) is 0 Å². The summed E-state index contributed by atoms with van der Waals surface area (Å²) in [5.74, 6) is -1.16. The van der Waals surface area contributed by atoms with E-state index >= 15 is 0 Å². The third-order valence-corrected chi connectivity index (χ3v) is 4.16. The zero-order valence-electron chi connectivity index (χ0n) is 14.2. The van der Waals surface area contributed by atoms with Gasteiger partial charge in [-0.25, -0.2) is 4.79 Å². The zero-order valence-corrected chi connectivity index (χ0v) is 14.2. The lowest BCUT2D eigenvalue weighted by atomic mass is 10.1. The van der Waals surface area contributed by atoms with Crippen molar-refractivity contribution in [2.45, 2.75) is 13.0 Å². The summed E-state index contributed by atoms with van der Waals surface area (Å²) in [5.41, 5.74) is 0.555. The highest BCUT2D eigenvalue weighted by Gasteiger charge is 2.23. The monoisotopic (exact) mass is 362 g/mol. The number of rotatable bonds is 3. The molecule has 134 valence electrons. The number of nitrogens with one attached hydrogen (secondary N) is 1. The Morgan fingerprint density at radius 3 is 2.70 bits per heavy atom. The molecule has 0 radical (unpaired) electrons. The van der Waals surface area contributed by atoms with Crippen molar-refractivity contribution in [1.29, 1.82) is 0 Å². The molecule has 0 aliphatic rings. The minimum atomic E-state index is -0.923. The van der Waals surface area contributed by atoms with Crippen LogP contribution in [0.5, 0.6) is 0 Å². The molecule has 0 saturated carbocycles. The molecular formula is C19H14N4O4. The summed E-state index contributed by atoms with van der Waals surface area (Å²) in [5, 5.41) is 10.9. The highest BCUT2D eigenvalue weighted by molar-refractivity contribution is 6.00. The van der Waals surface area contributed by atoms with Gasteiger partial charge in [0.25, 0.3) is 11.8 Å². The lowest BCUT2D eigenvalue weighted by Crippen LogP contribution is -2.42. The third-order valence-electron chi connectivity index (χ3n) is 4.16. The molecule has 0 aliphatic carbocycles. The molecule has 1 N–H and O–H groups in total. The molecule has 0 bridgehead atoms. The van der Waals surface area contributed by atoms with Crippen molar-refractivity contribution in [3.05, 3.63) is 70.6 Å². The van der Waals surface area contributed by atoms with Crippen LogP contribution < -0.4 is 10.9 Å². The van der Waals surface area contributed by atoms with Crippen LogP contribution in [-0.4, -0.2) is 32.9 Å². The molecule has 0 saturated heterocycles. The summed E-state index contributed by atoms with van der Waals surface area (Å²) in [6.07, 6.45) is 0. The first-order valence-corrected chi connectivity index (χ1v) is 8.23. The maximum absolute atomic E-state index is 12.6. The van der Waals surface area contributed by atoms with Crippen LogP contribution in [0, 0.1) is 0 Å². The fraction of sp³-hybridized carbons (Fsp3) is 0.105. The zero-order chi connectivity index (χ0) is 19.0. The minimum Gasteiger partial charge on any atom is -0.422 e. The summed E-state index contributed by atoms with van der Waals surface area (Å²) in [4.78, 5) is 37.2. The van der Waals surface area contributed by atoms with E-state index in [2.05, 4.69) is 15.6 Å². The Balaban J connectivity index is 1.60. The average Bonchev–Trinajstić information content (AvgIpc) is 3.10. The lowest BCUT2D eigenvalue weighted by molar-refractivity contribution is 0.0803. The molecule has 0 unspecified atom stereocenters. The minimum absolute atomic E-state index is 0.170. The van der Waals surface area contributed by atoms with Gasteiger partial charge in [-0.1, -0.05) is 35.5 Å². The van der Waals surface area contributed by atoms with Crippen LogP contribution in [0.1, 0.15) is 22.1 Å². The van der Waals surface area contributed by atoms with Crippen LogP contribution in [0.4, 0.5) is 0 Å². The lowest BCUT2D eigenvalue weighted by Gasteiger charge is -2.12. The standard InChI is InChI=1S/C19H14N4O4/c1-11(18(25)23-15-8-4-3-7-14(15)21-22-23)20-17(24)13-10-12-6-2-5-9-16(12)27-19(13)26/h2-11H,1H3,(H,20,24)/t11-/m0/s1. The molecule has 0 fully saturated rings. The number of fused-ring (bicyclic) bond motifs is 2. The second kappa shape index (κ2) is 6.49. The fourth-order valence-corrected chi connectivity index (χ4v) is 2.77. The van der Waals surface area contributed by atoms with Crippen molar-refractivity contribution in [2.75, 3.05) is 0 Å². The first kappa shape index (κ1) is 16.6. The van der Waals surface area contributed by atoms with Gasteiger partial charge in [-0.3, -0.25) is 9.59 Å². The van der Waals surface area contributed by atoms with Crippen molar-refractivity contribution in [2.24, 2.45) is 0 Å². The summed E-state index contributed by atoms with van der Waals surface area (Å²) in [6.45, 7) is 1.51. The number of para-hydroxylation sites is 2. The maximum atomic E-state index is 12.6. The van der Waals surface area contributed by atoms with E-state index in [0.717, 1.165) is 4.68 Å². The van der Waals surface area contributed by atoms with Crippen LogP contribution in [0.15, 0.2) is 63.8 Å². The molecule has 1 amide bonds. The Kier molecular flexibility index (Phi) is 4.00. The topological polar surface area (TPSA) is 107 Å². The van der Waals surface area contributed by atoms with E-state index < -0.39 is 23.5 Å². The van der Waals surface area contributed by atoms with E-state index in [1.54, 1.807) is 48.5 Å². The van der Waals surface area contributed by atoms with E-state index in [-0.39, 0.29) is 5.56 Å². The normalized spacial score (nSPS) is 12.2. The first-order chi connectivity index (χ1) is 13.0.